The molecule has 2 rings (SSSR count). The topological polar surface area (TPSA) is 94.0 Å². The number of nitrogens with zero attached hydrogens (tertiary/aromatic N) is 2. The van der Waals surface area contributed by atoms with Gasteiger partial charge in [-0.3, -0.25) is 4.79 Å². The number of rotatable bonds is 4. The van der Waals surface area contributed by atoms with Crippen molar-refractivity contribution in [2.75, 3.05) is 12.3 Å². The Morgan fingerprint density at radius 1 is 1.44 bits per heavy atom. The van der Waals surface area contributed by atoms with Gasteiger partial charge in [-0.15, -0.1) is 0 Å². The van der Waals surface area contributed by atoms with Crippen molar-refractivity contribution in [1.82, 2.24) is 15.6 Å². The van der Waals surface area contributed by atoms with Crippen LogP contribution in [0.4, 0.5) is 5.82 Å². The number of hydrogen-bond donors (Lipinski definition) is 2. The van der Waals surface area contributed by atoms with Gasteiger partial charge in [0.1, 0.15) is 0 Å². The first-order valence-corrected chi connectivity index (χ1v) is 5.65. The molecule has 0 radical (unpaired) electrons. The average molecular weight is 267 g/mol. The van der Waals surface area contributed by atoms with E-state index in [0.29, 0.717) is 18.0 Å². The number of amides is 1. The first-order valence-electron chi connectivity index (χ1n) is 5.27. The lowest BCUT2D eigenvalue weighted by Crippen LogP contribution is -2.26. The lowest BCUT2D eigenvalue weighted by molar-refractivity contribution is 0.0945. The van der Waals surface area contributed by atoms with Gasteiger partial charge in [0, 0.05) is 11.6 Å². The van der Waals surface area contributed by atoms with Crippen LogP contribution in [0, 0.1) is 0 Å². The molecular weight excluding hydrogens is 256 g/mol. The van der Waals surface area contributed by atoms with Crippen molar-refractivity contribution in [3.63, 3.8) is 0 Å². The average Bonchev–Trinajstić information content (AvgIpc) is 2.75. The molecular formula is C11H11ClN4O2. The van der Waals surface area contributed by atoms with Gasteiger partial charge in [-0.2, -0.15) is 0 Å². The lowest BCUT2D eigenvalue weighted by atomic mass is 10.1. The molecule has 0 spiro atoms. The summed E-state index contributed by atoms with van der Waals surface area (Å²) in [6, 6.07) is 7.44. The van der Waals surface area contributed by atoms with Crippen molar-refractivity contribution >= 4 is 23.3 Å². The maximum atomic E-state index is 11.6. The van der Waals surface area contributed by atoms with Crippen molar-refractivity contribution in [3.8, 4) is 0 Å². The third-order valence-electron chi connectivity index (χ3n) is 2.32. The predicted molar refractivity (Wildman–Crippen MR) is 66.2 cm³/mol. The van der Waals surface area contributed by atoms with Crippen LogP contribution in [-0.2, 0) is 6.42 Å². The number of carbonyl (C=O) groups excluding carboxylic acids is 1. The van der Waals surface area contributed by atoms with Crippen molar-refractivity contribution in [2.45, 2.75) is 6.42 Å². The number of hydrogen-bond acceptors (Lipinski definition) is 5. The van der Waals surface area contributed by atoms with Crippen LogP contribution in [0.2, 0.25) is 5.02 Å². The second kappa shape index (κ2) is 5.50. The first kappa shape index (κ1) is 12.4. The number of nitrogen functional groups attached to an aromatic ring is 1. The molecule has 0 fully saturated rings. The molecule has 94 valence electrons. The summed E-state index contributed by atoms with van der Waals surface area (Å²) in [5.74, 6) is -0.425. The Bertz CT molecular complexity index is 555. The highest BCUT2D eigenvalue weighted by molar-refractivity contribution is 6.30. The van der Waals surface area contributed by atoms with E-state index in [1.54, 1.807) is 6.07 Å². The molecule has 0 saturated heterocycles. The van der Waals surface area contributed by atoms with Gasteiger partial charge in [-0.25, -0.2) is 4.63 Å². The van der Waals surface area contributed by atoms with E-state index in [2.05, 4.69) is 20.3 Å². The molecule has 1 heterocycles. The molecule has 2 aromatic rings. The summed E-state index contributed by atoms with van der Waals surface area (Å²) >= 11 is 5.85. The van der Waals surface area contributed by atoms with E-state index in [0.717, 1.165) is 5.56 Å². The van der Waals surface area contributed by atoms with E-state index in [-0.39, 0.29) is 11.5 Å². The van der Waals surface area contributed by atoms with Crippen LogP contribution in [0.15, 0.2) is 28.9 Å². The Balaban J connectivity index is 1.86. The normalized spacial score (nSPS) is 10.3. The smallest absolute Gasteiger partial charge is 0.277 e. The van der Waals surface area contributed by atoms with Crippen molar-refractivity contribution < 1.29 is 9.42 Å². The second-order valence-electron chi connectivity index (χ2n) is 3.63. The van der Waals surface area contributed by atoms with Crippen LogP contribution in [-0.4, -0.2) is 22.8 Å². The molecule has 1 aromatic carbocycles. The fraction of sp³-hybridized carbons (Fsp3) is 0.182. The minimum absolute atomic E-state index is 0.00101. The summed E-state index contributed by atoms with van der Waals surface area (Å²) in [5, 5.41) is 10.1. The number of benzene rings is 1. The zero-order chi connectivity index (χ0) is 13.0. The van der Waals surface area contributed by atoms with Crippen molar-refractivity contribution in [1.29, 1.82) is 0 Å². The summed E-state index contributed by atoms with van der Waals surface area (Å²) in [7, 11) is 0. The van der Waals surface area contributed by atoms with Gasteiger partial charge in [0.25, 0.3) is 5.91 Å². The minimum Gasteiger partial charge on any atom is -0.379 e. The van der Waals surface area contributed by atoms with Crippen LogP contribution in [0.5, 0.6) is 0 Å². The largest absolute Gasteiger partial charge is 0.379 e. The molecule has 3 N–H and O–H groups in total. The fourth-order valence-electron chi connectivity index (χ4n) is 1.45. The summed E-state index contributed by atoms with van der Waals surface area (Å²) in [5.41, 5.74) is 6.44. The van der Waals surface area contributed by atoms with Crippen LogP contribution in [0.25, 0.3) is 0 Å². The van der Waals surface area contributed by atoms with E-state index in [1.165, 1.54) is 0 Å². The van der Waals surface area contributed by atoms with Gasteiger partial charge in [0.15, 0.2) is 0 Å². The molecule has 0 aliphatic rings. The molecule has 1 aromatic heterocycles. The van der Waals surface area contributed by atoms with Gasteiger partial charge >= 0.3 is 0 Å². The number of nitrogens with one attached hydrogen (secondary N) is 1. The molecule has 0 saturated carbocycles. The lowest BCUT2D eigenvalue weighted by Gasteiger charge is -2.03. The number of carbonyl (C=O) groups is 1. The molecule has 0 bridgehead atoms. The Kier molecular flexibility index (Phi) is 3.78. The van der Waals surface area contributed by atoms with E-state index in [9.17, 15) is 4.79 Å². The van der Waals surface area contributed by atoms with Crippen molar-refractivity contribution in [2.24, 2.45) is 0 Å². The zero-order valence-corrected chi connectivity index (χ0v) is 10.1. The van der Waals surface area contributed by atoms with Crippen LogP contribution in [0.1, 0.15) is 16.1 Å². The van der Waals surface area contributed by atoms with Crippen LogP contribution >= 0.6 is 11.6 Å². The number of halogens is 1. The Morgan fingerprint density at radius 3 is 2.94 bits per heavy atom. The summed E-state index contributed by atoms with van der Waals surface area (Å²) in [6.07, 6.45) is 0.664. The standard InChI is InChI=1S/C11H11ClN4O2/c12-8-3-1-2-7(6-8)4-5-14-11(17)9-10(13)16-18-15-9/h1-3,6H,4-5H2,(H2,13,16)(H,14,17). The third-order valence-corrected chi connectivity index (χ3v) is 2.55. The molecule has 18 heavy (non-hydrogen) atoms. The molecule has 0 aliphatic carbocycles. The Morgan fingerprint density at radius 2 is 2.28 bits per heavy atom. The highest BCUT2D eigenvalue weighted by atomic mass is 35.5. The van der Waals surface area contributed by atoms with Gasteiger partial charge in [0.2, 0.25) is 11.5 Å². The maximum absolute atomic E-state index is 11.6. The number of aromatic nitrogens is 2. The molecule has 0 aliphatic heterocycles. The monoisotopic (exact) mass is 266 g/mol. The summed E-state index contributed by atoms with van der Waals surface area (Å²) in [6.45, 7) is 0.450. The van der Waals surface area contributed by atoms with Crippen LogP contribution in [0.3, 0.4) is 0 Å². The van der Waals surface area contributed by atoms with Gasteiger partial charge in [-0.05, 0) is 34.4 Å². The van der Waals surface area contributed by atoms with Gasteiger partial charge in [-0.1, -0.05) is 23.7 Å². The molecule has 0 atom stereocenters. The minimum atomic E-state index is -0.407. The second-order valence-corrected chi connectivity index (χ2v) is 4.07. The number of anilines is 1. The predicted octanol–water partition coefficient (Wildman–Crippen LogP) is 1.28. The molecule has 0 unspecified atom stereocenters. The van der Waals surface area contributed by atoms with E-state index >= 15 is 0 Å². The summed E-state index contributed by atoms with van der Waals surface area (Å²) < 4.78 is 4.34. The van der Waals surface area contributed by atoms with Gasteiger partial charge in [0.05, 0.1) is 0 Å². The zero-order valence-electron chi connectivity index (χ0n) is 9.39. The quantitative estimate of drug-likeness (QED) is 0.869. The maximum Gasteiger partial charge on any atom is 0.277 e. The molecule has 7 heteroatoms. The fourth-order valence-corrected chi connectivity index (χ4v) is 1.66. The molecule has 6 nitrogen and oxygen atoms in total. The summed E-state index contributed by atoms with van der Waals surface area (Å²) in [4.78, 5) is 11.6. The molecule has 1 amide bonds. The Hall–Kier alpha value is -2.08. The Labute approximate surface area is 108 Å². The highest BCUT2D eigenvalue weighted by Gasteiger charge is 2.14. The van der Waals surface area contributed by atoms with E-state index in [4.69, 9.17) is 17.3 Å². The van der Waals surface area contributed by atoms with Crippen molar-refractivity contribution in [3.05, 3.63) is 40.5 Å². The third kappa shape index (κ3) is 2.98. The first-order chi connectivity index (χ1) is 8.66. The van der Waals surface area contributed by atoms with E-state index < -0.39 is 5.91 Å². The van der Waals surface area contributed by atoms with Crippen LogP contribution < -0.4 is 11.1 Å². The SMILES string of the molecule is Nc1nonc1C(=O)NCCc1cccc(Cl)c1. The highest BCUT2D eigenvalue weighted by Crippen LogP contribution is 2.10. The van der Waals surface area contributed by atoms with E-state index in [1.807, 2.05) is 18.2 Å². The van der Waals surface area contributed by atoms with Gasteiger partial charge < -0.3 is 11.1 Å². The number of nitrogens with two attached hydrogens (primary N) is 1.